The minimum absolute atomic E-state index is 0.0285. The van der Waals surface area contributed by atoms with Gasteiger partial charge in [0.25, 0.3) is 0 Å². The highest BCUT2D eigenvalue weighted by molar-refractivity contribution is 5.80. The topological polar surface area (TPSA) is 96.9 Å². The number of aliphatic hydroxyl groups excluding tert-OH is 1. The van der Waals surface area contributed by atoms with Gasteiger partial charge in [0.05, 0.1) is 19.1 Å². The molecule has 0 saturated carbocycles. The third-order valence-electron chi connectivity index (χ3n) is 4.94. The molecule has 1 aliphatic heterocycles. The van der Waals surface area contributed by atoms with Gasteiger partial charge in [0, 0.05) is 12.0 Å². The molecule has 3 N–H and O–H groups in total. The first-order valence-electron chi connectivity index (χ1n) is 10.4. The van der Waals surface area contributed by atoms with E-state index >= 15 is 0 Å². The van der Waals surface area contributed by atoms with Crippen LogP contribution in [0, 0.1) is 35.1 Å². The number of aliphatic hydroxyl groups is 1. The number of hydrogen-bond acceptors (Lipinski definition) is 6. The standard InChI is InChI=1S/C21H28F4N2O5/c1-11(2)9-31-17(29)8-15(27-21(30)12-3-5-26-6-4-12)16(28)10-32-20-18(24)13(22)7-14(23)19(20)25/h7,11-12,15-16,26,28H,3-6,8-10H2,1-2H3,(H,27,30)/t15-,16?/m0/s1. The summed E-state index contributed by atoms with van der Waals surface area (Å²) in [5.41, 5.74) is 0. The van der Waals surface area contributed by atoms with Gasteiger partial charge in [0.1, 0.15) is 12.7 Å². The fourth-order valence-corrected chi connectivity index (χ4v) is 3.13. The van der Waals surface area contributed by atoms with Gasteiger partial charge in [-0.2, -0.15) is 8.78 Å². The minimum atomic E-state index is -1.76. The second-order valence-corrected chi connectivity index (χ2v) is 8.10. The quantitative estimate of drug-likeness (QED) is 0.279. The van der Waals surface area contributed by atoms with Crippen LogP contribution in [0.1, 0.15) is 33.1 Å². The summed E-state index contributed by atoms with van der Waals surface area (Å²) in [7, 11) is 0. The van der Waals surface area contributed by atoms with E-state index in [4.69, 9.17) is 9.47 Å². The van der Waals surface area contributed by atoms with Crippen molar-refractivity contribution in [3.8, 4) is 5.75 Å². The molecule has 11 heteroatoms. The van der Waals surface area contributed by atoms with E-state index in [1.54, 1.807) is 0 Å². The molecule has 1 heterocycles. The first kappa shape index (κ1) is 25.9. The molecule has 1 aliphatic rings. The second kappa shape index (κ2) is 12.0. The first-order chi connectivity index (χ1) is 15.1. The molecule has 1 aromatic carbocycles. The Labute approximate surface area is 183 Å². The molecule has 0 radical (unpaired) electrons. The molecule has 2 atom stereocenters. The molecule has 0 bridgehead atoms. The van der Waals surface area contributed by atoms with Crippen LogP contribution in [0.25, 0.3) is 0 Å². The van der Waals surface area contributed by atoms with Crippen molar-refractivity contribution >= 4 is 11.9 Å². The van der Waals surface area contributed by atoms with E-state index in [0.717, 1.165) is 0 Å². The van der Waals surface area contributed by atoms with Crippen LogP contribution < -0.4 is 15.4 Å². The number of carbonyl (C=O) groups is 2. The summed E-state index contributed by atoms with van der Waals surface area (Å²) in [6.07, 6.45) is -0.947. The average molecular weight is 464 g/mol. The monoisotopic (exact) mass is 464 g/mol. The number of amides is 1. The molecule has 32 heavy (non-hydrogen) atoms. The molecular formula is C21H28F4N2O5. The molecule has 7 nitrogen and oxygen atoms in total. The highest BCUT2D eigenvalue weighted by Crippen LogP contribution is 2.26. The maximum Gasteiger partial charge on any atom is 0.307 e. The van der Waals surface area contributed by atoms with Gasteiger partial charge in [-0.3, -0.25) is 9.59 Å². The Kier molecular flexibility index (Phi) is 9.70. The van der Waals surface area contributed by atoms with Gasteiger partial charge in [-0.1, -0.05) is 13.8 Å². The highest BCUT2D eigenvalue weighted by atomic mass is 19.2. The summed E-state index contributed by atoms with van der Waals surface area (Å²) >= 11 is 0. The van der Waals surface area contributed by atoms with Crippen LogP contribution in [-0.2, 0) is 14.3 Å². The van der Waals surface area contributed by atoms with Crippen molar-refractivity contribution in [2.75, 3.05) is 26.3 Å². The Morgan fingerprint density at radius 3 is 2.28 bits per heavy atom. The SMILES string of the molecule is CC(C)COC(=O)C[C@H](NC(=O)C1CCNCC1)C(O)COc1c(F)c(F)cc(F)c1F. The summed E-state index contributed by atoms with van der Waals surface area (Å²) < 4.78 is 64.2. The molecule has 1 fully saturated rings. The number of nitrogens with one attached hydrogen (secondary N) is 2. The Bertz CT molecular complexity index is 777. The summed E-state index contributed by atoms with van der Waals surface area (Å²) in [5.74, 6) is -9.58. The molecule has 1 saturated heterocycles. The van der Waals surface area contributed by atoms with Crippen molar-refractivity contribution in [1.29, 1.82) is 0 Å². The Morgan fingerprint density at radius 1 is 1.12 bits per heavy atom. The highest BCUT2D eigenvalue weighted by Gasteiger charge is 2.30. The van der Waals surface area contributed by atoms with E-state index in [-0.39, 0.29) is 24.5 Å². The third kappa shape index (κ3) is 7.33. The molecule has 0 aromatic heterocycles. The summed E-state index contributed by atoms with van der Waals surface area (Å²) in [5, 5.41) is 16.1. The van der Waals surface area contributed by atoms with Crippen molar-refractivity contribution in [3.63, 3.8) is 0 Å². The van der Waals surface area contributed by atoms with Crippen molar-refractivity contribution in [2.24, 2.45) is 11.8 Å². The Hall–Kier alpha value is -2.40. The van der Waals surface area contributed by atoms with Gasteiger partial charge >= 0.3 is 5.97 Å². The van der Waals surface area contributed by atoms with Gasteiger partial charge < -0.3 is 25.2 Å². The predicted molar refractivity (Wildman–Crippen MR) is 106 cm³/mol. The van der Waals surface area contributed by atoms with Crippen LogP contribution in [0.3, 0.4) is 0 Å². The molecule has 0 aliphatic carbocycles. The van der Waals surface area contributed by atoms with Crippen LogP contribution in [0.4, 0.5) is 17.6 Å². The average Bonchev–Trinajstić information content (AvgIpc) is 2.76. The fraction of sp³-hybridized carbons (Fsp3) is 0.619. The Morgan fingerprint density at radius 2 is 1.72 bits per heavy atom. The summed E-state index contributed by atoms with van der Waals surface area (Å²) in [6.45, 7) is 4.20. The van der Waals surface area contributed by atoms with Gasteiger partial charge in [0.15, 0.2) is 17.4 Å². The lowest BCUT2D eigenvalue weighted by atomic mass is 9.96. The van der Waals surface area contributed by atoms with E-state index < -0.39 is 66.1 Å². The maximum atomic E-state index is 13.8. The number of ether oxygens (including phenoxy) is 2. The van der Waals surface area contributed by atoms with Crippen LogP contribution >= 0.6 is 0 Å². The number of halogens is 4. The van der Waals surface area contributed by atoms with E-state index in [1.165, 1.54) is 0 Å². The van der Waals surface area contributed by atoms with Crippen molar-refractivity contribution < 1.29 is 41.7 Å². The first-order valence-corrected chi connectivity index (χ1v) is 10.4. The Balaban J connectivity index is 2.09. The third-order valence-corrected chi connectivity index (χ3v) is 4.94. The number of esters is 1. The molecule has 1 unspecified atom stereocenters. The van der Waals surface area contributed by atoms with Gasteiger partial charge in [0.2, 0.25) is 17.5 Å². The largest absolute Gasteiger partial charge is 0.485 e. The van der Waals surface area contributed by atoms with Crippen molar-refractivity contribution in [2.45, 2.75) is 45.3 Å². The van der Waals surface area contributed by atoms with Crippen LogP contribution in [0.2, 0.25) is 0 Å². The lowest BCUT2D eigenvalue weighted by molar-refractivity contribution is -0.146. The zero-order valence-corrected chi connectivity index (χ0v) is 17.9. The summed E-state index contributed by atoms with van der Waals surface area (Å²) in [4.78, 5) is 24.7. The van der Waals surface area contributed by atoms with Crippen LogP contribution in [-0.4, -0.2) is 55.4 Å². The normalized spacial score (nSPS) is 16.5. The smallest absolute Gasteiger partial charge is 0.307 e. The van der Waals surface area contributed by atoms with Gasteiger partial charge in [-0.15, -0.1) is 0 Å². The maximum absolute atomic E-state index is 13.8. The molecular weight excluding hydrogens is 436 g/mol. The predicted octanol–water partition coefficient (Wildman–Crippen LogP) is 2.06. The van der Waals surface area contributed by atoms with Crippen molar-refractivity contribution in [3.05, 3.63) is 29.3 Å². The van der Waals surface area contributed by atoms with Crippen LogP contribution in [0.15, 0.2) is 6.07 Å². The zero-order chi connectivity index (χ0) is 23.8. The number of rotatable bonds is 10. The van der Waals surface area contributed by atoms with E-state index in [0.29, 0.717) is 25.9 Å². The lowest BCUT2D eigenvalue weighted by Crippen LogP contribution is -2.50. The molecule has 1 aromatic rings. The summed E-state index contributed by atoms with van der Waals surface area (Å²) in [6, 6.07) is -1.18. The lowest BCUT2D eigenvalue weighted by Gasteiger charge is -2.28. The van der Waals surface area contributed by atoms with Crippen molar-refractivity contribution in [1.82, 2.24) is 10.6 Å². The number of carbonyl (C=O) groups excluding carboxylic acids is 2. The van der Waals surface area contributed by atoms with Gasteiger partial charge in [-0.05, 0) is 31.8 Å². The number of hydrogen-bond donors (Lipinski definition) is 3. The van der Waals surface area contributed by atoms with E-state index in [9.17, 15) is 32.3 Å². The van der Waals surface area contributed by atoms with Gasteiger partial charge in [-0.25, -0.2) is 8.78 Å². The van der Waals surface area contributed by atoms with E-state index in [1.807, 2.05) is 13.8 Å². The number of benzene rings is 1. The molecule has 0 spiro atoms. The molecule has 1 amide bonds. The zero-order valence-electron chi connectivity index (χ0n) is 17.9. The van der Waals surface area contributed by atoms with E-state index in [2.05, 4.69) is 10.6 Å². The second-order valence-electron chi connectivity index (χ2n) is 8.10. The number of piperidine rings is 1. The molecule has 180 valence electrons. The van der Waals surface area contributed by atoms with Crippen LogP contribution in [0.5, 0.6) is 5.75 Å². The molecule has 2 rings (SSSR count). The minimum Gasteiger partial charge on any atom is -0.485 e. The fourth-order valence-electron chi connectivity index (χ4n) is 3.13.